The standard InChI is InChI=1S/C25H19N5OS2.C8H14N2O3.C7H15NO.C3H8/c31-13-30-7-1-2-22(30)25-28-19-6-4-15(9-21(19)29-25)17-11-33-23-16(10-32-24(17)23)14-3-5-18-20(8-14)27-12-26-18;1-13-8(12)9-6-7(11)10-4-2-3-5-10;1-5(2)6(3)8-7(4)9;1-3-2/h3-6,8-13,22H,1-2,7H2,(H,26,27)(H,28,29);2-6H2,1H3,(H,9,12);5-6H,1-4H3,(H,8,9);3H2,1-2H3. The van der Waals surface area contributed by atoms with Crippen LogP contribution in [0.2, 0.25) is 0 Å². The third-order valence-corrected chi connectivity index (χ3v) is 12.2. The Bertz CT molecular complexity index is 2290. The van der Waals surface area contributed by atoms with Gasteiger partial charge < -0.3 is 35.1 Å². The van der Waals surface area contributed by atoms with E-state index in [0.717, 1.165) is 79.6 Å². The van der Waals surface area contributed by atoms with Gasteiger partial charge in [0.15, 0.2) is 0 Å². The first-order valence-electron chi connectivity index (χ1n) is 20.0. The highest BCUT2D eigenvalue weighted by molar-refractivity contribution is 7.27. The van der Waals surface area contributed by atoms with E-state index in [0.29, 0.717) is 12.0 Å². The van der Waals surface area contributed by atoms with Gasteiger partial charge in [-0.3, -0.25) is 14.4 Å². The highest BCUT2D eigenvalue weighted by atomic mass is 32.1. The number of fused-ring (bicyclic) bond motifs is 3. The number of nitrogens with zero attached hydrogens (tertiary/aromatic N) is 4. The molecule has 4 amide bonds. The predicted molar refractivity (Wildman–Crippen MR) is 235 cm³/mol. The monoisotopic (exact) mass is 828 g/mol. The number of benzene rings is 2. The normalized spacial score (nSPS) is 15.3. The maximum atomic E-state index is 11.4. The zero-order valence-corrected chi connectivity index (χ0v) is 36.1. The largest absolute Gasteiger partial charge is 0.453 e. The van der Waals surface area contributed by atoms with Crippen LogP contribution in [0.1, 0.15) is 85.5 Å². The van der Waals surface area contributed by atoms with Gasteiger partial charge in [-0.05, 0) is 73.9 Å². The maximum absolute atomic E-state index is 11.4. The number of imidazole rings is 2. The molecule has 58 heavy (non-hydrogen) atoms. The number of hydrogen-bond donors (Lipinski definition) is 4. The van der Waals surface area contributed by atoms with Crippen molar-refractivity contribution in [1.82, 2.24) is 40.4 Å². The number of carbonyl (C=O) groups is 4. The van der Waals surface area contributed by atoms with Gasteiger partial charge in [-0.15, -0.1) is 22.7 Å². The summed E-state index contributed by atoms with van der Waals surface area (Å²) in [5.74, 6) is 1.42. The van der Waals surface area contributed by atoms with Crippen molar-refractivity contribution in [3.63, 3.8) is 0 Å². The van der Waals surface area contributed by atoms with Crippen LogP contribution in [0.25, 0.3) is 53.7 Å². The molecular weight excluding hydrogens is 773 g/mol. The first kappa shape index (κ1) is 43.8. The summed E-state index contributed by atoms with van der Waals surface area (Å²) < 4.78 is 6.96. The minimum atomic E-state index is -0.562. The number of aromatic nitrogens is 4. The number of alkyl carbamates (subject to hydrolysis) is 1. The van der Waals surface area contributed by atoms with Gasteiger partial charge in [0, 0.05) is 54.5 Å². The average molecular weight is 829 g/mol. The third kappa shape index (κ3) is 11.0. The molecule has 2 aliphatic heterocycles. The molecule has 6 aromatic rings. The Morgan fingerprint density at radius 3 is 2.12 bits per heavy atom. The summed E-state index contributed by atoms with van der Waals surface area (Å²) in [6.45, 7) is 14.4. The van der Waals surface area contributed by atoms with E-state index < -0.39 is 6.09 Å². The maximum Gasteiger partial charge on any atom is 0.407 e. The SMILES string of the molecule is CC(=O)NC(C)C(C)C.CCC.COC(=O)NCC(=O)N1CCCC1.O=CN1CCCC1c1nc2ccc(-c3csc4c(-c5ccc6nc[nH]c6c5)csc34)cc2[nH]1. The van der Waals surface area contributed by atoms with Gasteiger partial charge in [-0.25, -0.2) is 14.8 Å². The second kappa shape index (κ2) is 20.9. The van der Waals surface area contributed by atoms with E-state index in [2.05, 4.69) is 105 Å². The molecule has 2 unspecified atom stereocenters. The number of aromatic amines is 2. The second-order valence-corrected chi connectivity index (χ2v) is 16.6. The molecule has 0 radical (unpaired) electrons. The topological polar surface area (TPSA) is 165 Å². The van der Waals surface area contributed by atoms with Gasteiger partial charge in [0.25, 0.3) is 0 Å². The van der Waals surface area contributed by atoms with Gasteiger partial charge in [0.2, 0.25) is 18.2 Å². The Morgan fingerprint density at radius 2 is 1.55 bits per heavy atom. The summed E-state index contributed by atoms with van der Waals surface area (Å²) in [5, 5.41) is 9.67. The van der Waals surface area contributed by atoms with Crippen molar-refractivity contribution in [3.8, 4) is 22.3 Å². The zero-order chi connectivity index (χ0) is 41.8. The number of likely N-dealkylation sites (tertiary alicyclic amines) is 2. The molecule has 2 saturated heterocycles. The fourth-order valence-corrected chi connectivity index (χ4v) is 9.13. The molecule has 2 aromatic carbocycles. The smallest absolute Gasteiger partial charge is 0.407 e. The van der Waals surface area contributed by atoms with E-state index in [1.807, 2.05) is 11.8 Å². The number of thiophene rings is 2. The van der Waals surface area contributed by atoms with Crippen LogP contribution in [-0.4, -0.2) is 93.4 Å². The molecule has 2 atom stereocenters. The number of H-pyrrole nitrogens is 2. The van der Waals surface area contributed by atoms with Crippen molar-refractivity contribution in [2.75, 3.05) is 33.3 Å². The number of carbonyl (C=O) groups excluding carboxylic acids is 4. The van der Waals surface area contributed by atoms with Gasteiger partial charge in [0.1, 0.15) is 12.4 Å². The van der Waals surface area contributed by atoms with Gasteiger partial charge >= 0.3 is 6.09 Å². The molecule has 4 N–H and O–H groups in total. The summed E-state index contributed by atoms with van der Waals surface area (Å²) in [6, 6.07) is 13.1. The van der Waals surface area contributed by atoms with E-state index in [1.165, 1.54) is 45.2 Å². The summed E-state index contributed by atoms with van der Waals surface area (Å²) in [4.78, 5) is 63.2. The Hall–Kier alpha value is -5.28. The van der Waals surface area contributed by atoms with Crippen LogP contribution < -0.4 is 10.6 Å². The highest BCUT2D eigenvalue weighted by Gasteiger charge is 2.27. The minimum Gasteiger partial charge on any atom is -0.453 e. The molecule has 13 nitrogen and oxygen atoms in total. The lowest BCUT2D eigenvalue weighted by atomic mass is 10.1. The quantitative estimate of drug-likeness (QED) is 0.111. The number of rotatable bonds is 8. The van der Waals surface area contributed by atoms with Crippen LogP contribution in [0.5, 0.6) is 0 Å². The van der Waals surface area contributed by atoms with Crippen molar-refractivity contribution in [1.29, 1.82) is 0 Å². The van der Waals surface area contributed by atoms with Crippen molar-refractivity contribution >= 4 is 78.5 Å². The number of ether oxygens (including phenoxy) is 1. The molecule has 0 bridgehead atoms. The molecule has 4 aromatic heterocycles. The van der Waals surface area contributed by atoms with Gasteiger partial charge in [0.05, 0.1) is 50.9 Å². The van der Waals surface area contributed by atoms with Crippen molar-refractivity contribution in [2.45, 2.75) is 85.7 Å². The zero-order valence-electron chi connectivity index (χ0n) is 34.5. The molecular formula is C43H56N8O5S2. The van der Waals surface area contributed by atoms with E-state index in [1.54, 1.807) is 40.8 Å². The number of methoxy groups -OCH3 is 1. The van der Waals surface area contributed by atoms with Crippen LogP contribution in [0.4, 0.5) is 4.79 Å². The second-order valence-electron chi connectivity index (χ2n) is 14.8. The van der Waals surface area contributed by atoms with Crippen LogP contribution in [-0.2, 0) is 19.1 Å². The Labute approximate surface area is 348 Å². The molecule has 8 rings (SSSR count). The van der Waals surface area contributed by atoms with Crippen LogP contribution in [0.3, 0.4) is 0 Å². The molecule has 310 valence electrons. The molecule has 0 saturated carbocycles. The molecule has 6 heterocycles. The number of nitrogens with one attached hydrogen (secondary N) is 4. The lowest BCUT2D eigenvalue weighted by molar-refractivity contribution is -0.129. The van der Waals surface area contributed by atoms with Crippen molar-refractivity contribution in [2.24, 2.45) is 5.92 Å². The van der Waals surface area contributed by atoms with Crippen LogP contribution in [0, 0.1) is 5.92 Å². The van der Waals surface area contributed by atoms with Gasteiger partial charge in [-0.1, -0.05) is 46.2 Å². The number of hydrogen-bond acceptors (Lipinski definition) is 9. The first-order chi connectivity index (χ1) is 28.0. The fourth-order valence-electron chi connectivity index (χ4n) is 6.67. The Balaban J connectivity index is 0.000000212. The summed E-state index contributed by atoms with van der Waals surface area (Å²) in [6.07, 6.45) is 7.46. The summed E-state index contributed by atoms with van der Waals surface area (Å²) >= 11 is 3.58. The van der Waals surface area contributed by atoms with Crippen LogP contribution in [0.15, 0.2) is 53.5 Å². The molecule has 2 aliphatic rings. The molecule has 2 fully saturated rings. The van der Waals surface area contributed by atoms with E-state index in [9.17, 15) is 19.2 Å². The first-order valence-corrected chi connectivity index (χ1v) is 21.7. The van der Waals surface area contributed by atoms with E-state index >= 15 is 0 Å². The molecule has 0 spiro atoms. The lowest BCUT2D eigenvalue weighted by Gasteiger charge is -2.17. The summed E-state index contributed by atoms with van der Waals surface area (Å²) in [7, 11) is 1.27. The fraction of sp³-hybridized carbons (Fsp3) is 0.442. The minimum absolute atomic E-state index is 0.0344. The van der Waals surface area contributed by atoms with E-state index in [-0.39, 0.29) is 24.4 Å². The Kier molecular flexibility index (Phi) is 15.8. The van der Waals surface area contributed by atoms with Crippen molar-refractivity contribution in [3.05, 3.63) is 59.3 Å². The average Bonchev–Trinajstić information content (AvgIpc) is 4.06. The summed E-state index contributed by atoms with van der Waals surface area (Å²) in [5.41, 5.74) is 8.90. The predicted octanol–water partition coefficient (Wildman–Crippen LogP) is 8.89. The van der Waals surface area contributed by atoms with Crippen molar-refractivity contribution < 1.29 is 23.9 Å². The van der Waals surface area contributed by atoms with E-state index in [4.69, 9.17) is 4.98 Å². The van der Waals surface area contributed by atoms with Crippen LogP contribution >= 0.6 is 22.7 Å². The lowest BCUT2D eigenvalue weighted by Crippen LogP contribution is -2.38. The molecule has 15 heteroatoms. The van der Waals surface area contributed by atoms with Gasteiger partial charge in [-0.2, -0.15) is 0 Å². The molecule has 0 aliphatic carbocycles. The third-order valence-electron chi connectivity index (χ3n) is 10.0. The highest BCUT2D eigenvalue weighted by Crippen LogP contribution is 2.44. The Morgan fingerprint density at radius 1 is 0.931 bits per heavy atom. The number of amides is 4.